The molecular formula is C10H11NO7S. The molecule has 0 heterocycles. The number of hydrogen-bond donors (Lipinski definition) is 2. The molecule has 0 amide bonds. The predicted octanol–water partition coefficient (Wildman–Crippen LogP) is -0.232. The maximum atomic E-state index is 11.6. The Bertz CT molecular complexity index is 564. The number of aliphatic carboxylic acids is 1. The normalized spacial score (nSPS) is 11.0. The van der Waals surface area contributed by atoms with Crippen molar-refractivity contribution in [3.05, 3.63) is 29.8 Å². The maximum absolute atomic E-state index is 11.6. The van der Waals surface area contributed by atoms with Gasteiger partial charge in [0.15, 0.2) is 6.61 Å². The van der Waals surface area contributed by atoms with Crippen LogP contribution >= 0.6 is 0 Å². The zero-order valence-corrected chi connectivity index (χ0v) is 10.6. The van der Waals surface area contributed by atoms with E-state index in [-0.39, 0.29) is 10.5 Å². The SMILES string of the molecule is COC(=O)c1ccc(S(=O)(=O)NOCC(=O)O)cc1. The molecule has 0 aliphatic rings. The van der Waals surface area contributed by atoms with Gasteiger partial charge in [0.2, 0.25) is 0 Å². The van der Waals surface area contributed by atoms with Crippen molar-refractivity contribution in [2.24, 2.45) is 0 Å². The Morgan fingerprint density at radius 2 is 1.84 bits per heavy atom. The van der Waals surface area contributed by atoms with Gasteiger partial charge in [-0.2, -0.15) is 0 Å². The van der Waals surface area contributed by atoms with E-state index in [0.717, 1.165) is 0 Å². The van der Waals surface area contributed by atoms with E-state index in [1.165, 1.54) is 31.4 Å². The average molecular weight is 289 g/mol. The van der Waals surface area contributed by atoms with Crippen LogP contribution in [0.5, 0.6) is 0 Å². The van der Waals surface area contributed by atoms with Crippen molar-refractivity contribution in [3.63, 3.8) is 0 Å². The van der Waals surface area contributed by atoms with Gasteiger partial charge in [0.1, 0.15) is 0 Å². The summed E-state index contributed by atoms with van der Waals surface area (Å²) in [7, 11) is -2.79. The number of sulfonamides is 1. The molecule has 0 spiro atoms. The van der Waals surface area contributed by atoms with Gasteiger partial charge in [-0.15, -0.1) is 0 Å². The summed E-state index contributed by atoms with van der Waals surface area (Å²) in [5, 5.41) is 8.29. The number of hydrogen-bond acceptors (Lipinski definition) is 6. The van der Waals surface area contributed by atoms with Crippen LogP contribution in [0.1, 0.15) is 10.4 Å². The van der Waals surface area contributed by atoms with Crippen LogP contribution < -0.4 is 4.89 Å². The first kappa shape index (κ1) is 15.1. The second-order valence-electron chi connectivity index (χ2n) is 3.29. The third-order valence-corrected chi connectivity index (χ3v) is 3.18. The van der Waals surface area contributed by atoms with Gasteiger partial charge < -0.3 is 9.84 Å². The molecule has 0 unspecified atom stereocenters. The minimum absolute atomic E-state index is 0.175. The summed E-state index contributed by atoms with van der Waals surface area (Å²) >= 11 is 0. The van der Waals surface area contributed by atoms with Crippen molar-refractivity contribution >= 4 is 22.0 Å². The van der Waals surface area contributed by atoms with Crippen LogP contribution in [0.2, 0.25) is 0 Å². The van der Waals surface area contributed by atoms with Crippen LogP contribution in [0, 0.1) is 0 Å². The zero-order chi connectivity index (χ0) is 14.5. The van der Waals surface area contributed by atoms with Crippen molar-refractivity contribution < 1.29 is 32.7 Å². The van der Waals surface area contributed by atoms with Crippen molar-refractivity contribution in [3.8, 4) is 0 Å². The van der Waals surface area contributed by atoms with Gasteiger partial charge in [0.05, 0.1) is 17.6 Å². The van der Waals surface area contributed by atoms with Crippen LogP contribution in [0.15, 0.2) is 29.2 Å². The molecule has 9 heteroatoms. The van der Waals surface area contributed by atoms with Gasteiger partial charge >= 0.3 is 11.9 Å². The molecule has 0 bridgehead atoms. The predicted molar refractivity (Wildman–Crippen MR) is 61.7 cm³/mol. The first-order valence-electron chi connectivity index (χ1n) is 4.90. The minimum Gasteiger partial charge on any atom is -0.479 e. The fourth-order valence-electron chi connectivity index (χ4n) is 1.10. The molecule has 1 rings (SSSR count). The van der Waals surface area contributed by atoms with Gasteiger partial charge in [0, 0.05) is 0 Å². The number of esters is 1. The molecule has 0 atom stereocenters. The number of ether oxygens (including phenoxy) is 1. The highest BCUT2D eigenvalue weighted by atomic mass is 32.2. The van der Waals surface area contributed by atoms with Crippen LogP contribution in [0.3, 0.4) is 0 Å². The molecule has 8 nitrogen and oxygen atoms in total. The number of rotatable bonds is 6. The van der Waals surface area contributed by atoms with Crippen molar-refractivity contribution in [1.82, 2.24) is 4.89 Å². The van der Waals surface area contributed by atoms with Gasteiger partial charge in [-0.3, -0.25) is 4.84 Å². The molecule has 0 fully saturated rings. The number of nitrogens with one attached hydrogen (secondary N) is 1. The van der Waals surface area contributed by atoms with Crippen molar-refractivity contribution in [2.75, 3.05) is 13.7 Å². The number of benzene rings is 1. The van der Waals surface area contributed by atoms with E-state index < -0.39 is 28.6 Å². The topological polar surface area (TPSA) is 119 Å². The zero-order valence-electron chi connectivity index (χ0n) is 9.82. The van der Waals surface area contributed by atoms with Crippen LogP contribution in [-0.4, -0.2) is 39.2 Å². The highest BCUT2D eigenvalue weighted by Gasteiger charge is 2.15. The summed E-state index contributed by atoms with van der Waals surface area (Å²) in [5.74, 6) is -1.91. The summed E-state index contributed by atoms with van der Waals surface area (Å²) in [5.41, 5.74) is 0.188. The molecule has 104 valence electrons. The molecule has 19 heavy (non-hydrogen) atoms. The Balaban J connectivity index is 2.79. The lowest BCUT2D eigenvalue weighted by Gasteiger charge is -2.06. The molecular weight excluding hydrogens is 278 g/mol. The van der Waals surface area contributed by atoms with Crippen molar-refractivity contribution in [1.29, 1.82) is 0 Å². The summed E-state index contributed by atoms with van der Waals surface area (Å²) in [4.78, 5) is 27.1. The molecule has 0 saturated carbocycles. The second-order valence-corrected chi connectivity index (χ2v) is 4.93. The average Bonchev–Trinajstić information content (AvgIpc) is 2.37. The third-order valence-electron chi connectivity index (χ3n) is 1.95. The van der Waals surface area contributed by atoms with E-state index >= 15 is 0 Å². The molecule has 2 N–H and O–H groups in total. The van der Waals surface area contributed by atoms with Crippen LogP contribution in [0.4, 0.5) is 0 Å². The summed E-state index contributed by atoms with van der Waals surface area (Å²) in [6.07, 6.45) is 0. The van der Waals surface area contributed by atoms with Gasteiger partial charge in [0.25, 0.3) is 10.0 Å². The number of carboxylic acid groups (broad SMARTS) is 1. The molecule has 1 aromatic carbocycles. The molecule has 0 radical (unpaired) electrons. The molecule has 0 aliphatic carbocycles. The summed E-state index contributed by atoms with van der Waals surface area (Å²) < 4.78 is 27.7. The fraction of sp³-hybridized carbons (Fsp3) is 0.200. The van der Waals surface area contributed by atoms with E-state index in [4.69, 9.17) is 5.11 Å². The lowest BCUT2D eigenvalue weighted by Crippen LogP contribution is -2.26. The Morgan fingerprint density at radius 3 is 2.32 bits per heavy atom. The second kappa shape index (κ2) is 6.27. The Hall–Kier alpha value is -1.97. The van der Waals surface area contributed by atoms with Gasteiger partial charge in [-0.1, -0.05) is 4.89 Å². The standard InChI is InChI=1S/C10H11NO7S/c1-17-10(14)7-2-4-8(5-3-7)19(15,16)11-18-6-9(12)13/h2-5,11H,6H2,1H3,(H,12,13). The number of carbonyl (C=O) groups is 2. The molecule has 1 aromatic rings. The number of methoxy groups -OCH3 is 1. The Morgan fingerprint density at radius 1 is 1.26 bits per heavy atom. The maximum Gasteiger partial charge on any atom is 0.337 e. The molecule has 0 saturated heterocycles. The monoisotopic (exact) mass is 289 g/mol. The third kappa shape index (κ3) is 4.32. The van der Waals surface area contributed by atoms with Gasteiger partial charge in [-0.05, 0) is 24.3 Å². The lowest BCUT2D eigenvalue weighted by atomic mass is 10.2. The van der Waals surface area contributed by atoms with E-state index in [0.29, 0.717) is 0 Å². The highest BCUT2D eigenvalue weighted by molar-refractivity contribution is 7.89. The quantitative estimate of drug-likeness (QED) is 0.548. The van der Waals surface area contributed by atoms with Gasteiger partial charge in [-0.25, -0.2) is 18.0 Å². The molecule has 0 aliphatic heterocycles. The first-order chi connectivity index (χ1) is 8.86. The van der Waals surface area contributed by atoms with E-state index in [1.807, 2.05) is 0 Å². The summed E-state index contributed by atoms with van der Waals surface area (Å²) in [6, 6.07) is 4.85. The minimum atomic E-state index is -3.99. The molecule has 0 aromatic heterocycles. The number of carbonyl (C=O) groups excluding carboxylic acids is 1. The smallest absolute Gasteiger partial charge is 0.337 e. The number of carboxylic acids is 1. The Labute approximate surface area is 109 Å². The van der Waals surface area contributed by atoms with Crippen LogP contribution in [0.25, 0.3) is 0 Å². The fourth-order valence-corrected chi connectivity index (χ4v) is 1.91. The van der Waals surface area contributed by atoms with E-state index in [9.17, 15) is 18.0 Å². The highest BCUT2D eigenvalue weighted by Crippen LogP contribution is 2.11. The van der Waals surface area contributed by atoms with Crippen molar-refractivity contribution in [2.45, 2.75) is 4.90 Å². The largest absolute Gasteiger partial charge is 0.479 e. The Kier molecular flexibility index (Phi) is 4.98. The van der Waals surface area contributed by atoms with E-state index in [2.05, 4.69) is 9.57 Å². The van der Waals surface area contributed by atoms with E-state index in [1.54, 1.807) is 4.89 Å². The summed E-state index contributed by atoms with van der Waals surface area (Å²) in [6.45, 7) is -0.806. The van der Waals surface area contributed by atoms with Crippen LogP contribution in [-0.2, 0) is 24.4 Å². The first-order valence-corrected chi connectivity index (χ1v) is 6.39. The lowest BCUT2D eigenvalue weighted by molar-refractivity contribution is -0.143.